The van der Waals surface area contributed by atoms with Crippen molar-refractivity contribution in [2.45, 2.75) is 56.3 Å². The molecule has 1 aliphatic heterocycles. The Labute approximate surface area is 232 Å². The van der Waals surface area contributed by atoms with Gasteiger partial charge in [0.05, 0.1) is 22.3 Å². The van der Waals surface area contributed by atoms with Crippen molar-refractivity contribution in [1.82, 2.24) is 20.5 Å². The first-order valence-electron chi connectivity index (χ1n) is 13.3. The Morgan fingerprint density at radius 1 is 1.18 bits per heavy atom. The van der Waals surface area contributed by atoms with E-state index in [1.54, 1.807) is 11.9 Å². The van der Waals surface area contributed by atoms with Gasteiger partial charge in [-0.1, -0.05) is 42.5 Å². The summed E-state index contributed by atoms with van der Waals surface area (Å²) in [5.74, 6) is -0.380. The highest BCUT2D eigenvalue weighted by Gasteiger charge is 2.38. The lowest BCUT2D eigenvalue weighted by Crippen LogP contribution is -2.54. The Kier molecular flexibility index (Phi) is 9.85. The molecule has 2 aromatic carbocycles. The van der Waals surface area contributed by atoms with Gasteiger partial charge in [0.15, 0.2) is 5.96 Å². The number of carbonyl (C=O) groups is 2. The summed E-state index contributed by atoms with van der Waals surface area (Å²) in [5.41, 5.74) is 12.7. The van der Waals surface area contributed by atoms with Crippen molar-refractivity contribution >= 4 is 39.3 Å². The molecule has 0 bridgehead atoms. The summed E-state index contributed by atoms with van der Waals surface area (Å²) in [5, 5.41) is 18.0. The molecule has 10 nitrogen and oxygen atoms in total. The van der Waals surface area contributed by atoms with Gasteiger partial charge >= 0.3 is 0 Å². The quantitative estimate of drug-likeness (QED) is 0.130. The molecule has 2 heterocycles. The standard InChI is InChI=1S/C28H37N7O3S/c1-31-21(17-18-9-3-2-4-10-18)27(38)35-16-8-13-22(35)25(37)33-20(12-7-15-32-28(29)30)24(36)26-34-19-11-5-6-14-23(19)39-26/h2-6,9-11,14,20-22,24,31,36H,7-8,12-13,15-17H2,1H3,(H,33,37)(H4,29,30,32)/t20-,21+,22-,24+/m0/s1. The fourth-order valence-electron chi connectivity index (χ4n) is 4.96. The second kappa shape index (κ2) is 13.5. The molecule has 2 amide bonds. The molecule has 4 rings (SSSR count). The number of aromatic nitrogens is 1. The molecule has 0 unspecified atom stereocenters. The minimum atomic E-state index is -1.01. The molecule has 208 valence electrons. The molecule has 1 saturated heterocycles. The van der Waals surface area contributed by atoms with E-state index in [-0.39, 0.29) is 17.8 Å². The number of guanidine groups is 1. The highest BCUT2D eigenvalue weighted by Crippen LogP contribution is 2.30. The largest absolute Gasteiger partial charge is 0.384 e. The van der Waals surface area contributed by atoms with Crippen molar-refractivity contribution in [3.63, 3.8) is 0 Å². The van der Waals surface area contributed by atoms with Crippen LogP contribution < -0.4 is 22.1 Å². The number of amides is 2. The number of likely N-dealkylation sites (N-methyl/N-ethyl adjacent to an activating group) is 1. The number of para-hydroxylation sites is 1. The van der Waals surface area contributed by atoms with Crippen molar-refractivity contribution in [2.24, 2.45) is 16.5 Å². The minimum absolute atomic E-state index is 0.00277. The number of thiazole rings is 1. The Balaban J connectivity index is 1.48. The van der Waals surface area contributed by atoms with Gasteiger partial charge < -0.3 is 32.1 Å². The normalized spacial score (nSPS) is 17.5. The van der Waals surface area contributed by atoms with Crippen molar-refractivity contribution in [2.75, 3.05) is 20.1 Å². The first-order valence-corrected chi connectivity index (χ1v) is 14.1. The highest BCUT2D eigenvalue weighted by molar-refractivity contribution is 7.18. The Morgan fingerprint density at radius 3 is 2.64 bits per heavy atom. The molecule has 39 heavy (non-hydrogen) atoms. The third kappa shape index (κ3) is 7.31. The predicted molar refractivity (Wildman–Crippen MR) is 154 cm³/mol. The van der Waals surface area contributed by atoms with Crippen molar-refractivity contribution in [1.29, 1.82) is 0 Å². The first-order chi connectivity index (χ1) is 18.9. The number of nitrogens with two attached hydrogens (primary N) is 2. The second-order valence-electron chi connectivity index (χ2n) is 9.75. The van der Waals surface area contributed by atoms with Gasteiger partial charge in [0.25, 0.3) is 0 Å². The van der Waals surface area contributed by atoms with Crippen molar-refractivity contribution in [3.05, 3.63) is 65.2 Å². The maximum atomic E-state index is 13.6. The molecule has 1 aromatic heterocycles. The number of hydrogen-bond acceptors (Lipinski definition) is 7. The van der Waals surface area contributed by atoms with Gasteiger partial charge in [0, 0.05) is 13.1 Å². The molecule has 0 radical (unpaired) electrons. The van der Waals surface area contributed by atoms with E-state index in [1.807, 2.05) is 54.6 Å². The molecule has 0 aliphatic carbocycles. The van der Waals surface area contributed by atoms with Crippen LogP contribution in [0.15, 0.2) is 59.6 Å². The summed E-state index contributed by atoms with van der Waals surface area (Å²) in [7, 11) is 1.76. The van der Waals surface area contributed by atoms with Crippen LogP contribution in [0.1, 0.15) is 42.4 Å². The third-order valence-electron chi connectivity index (χ3n) is 7.01. The molecule has 7 N–H and O–H groups in total. The van der Waals surface area contributed by atoms with Gasteiger partial charge in [-0.15, -0.1) is 11.3 Å². The number of carbonyl (C=O) groups excluding carboxylic acids is 2. The van der Waals surface area contributed by atoms with Crippen LogP contribution in [0.25, 0.3) is 10.2 Å². The Bertz CT molecular complexity index is 1250. The van der Waals surface area contributed by atoms with Gasteiger partial charge in [-0.2, -0.15) is 0 Å². The van der Waals surface area contributed by atoms with E-state index >= 15 is 0 Å². The van der Waals surface area contributed by atoms with Crippen LogP contribution in [-0.2, 0) is 16.0 Å². The van der Waals surface area contributed by atoms with E-state index in [0.29, 0.717) is 43.8 Å². The summed E-state index contributed by atoms with van der Waals surface area (Å²) >= 11 is 1.40. The molecule has 1 fully saturated rings. The number of hydrogen-bond donors (Lipinski definition) is 5. The Morgan fingerprint density at radius 2 is 1.92 bits per heavy atom. The van der Waals surface area contributed by atoms with E-state index < -0.39 is 24.2 Å². The molecule has 3 aromatic rings. The first kappa shape index (κ1) is 28.5. The summed E-state index contributed by atoms with van der Waals surface area (Å²) < 4.78 is 0.959. The zero-order valence-electron chi connectivity index (χ0n) is 22.1. The van der Waals surface area contributed by atoms with Crippen molar-refractivity contribution in [3.8, 4) is 0 Å². The van der Waals surface area contributed by atoms with E-state index in [2.05, 4.69) is 20.6 Å². The molecule has 1 aliphatic rings. The average molecular weight is 552 g/mol. The second-order valence-corrected chi connectivity index (χ2v) is 10.8. The molecule has 4 atom stereocenters. The van der Waals surface area contributed by atoms with Crippen LogP contribution >= 0.6 is 11.3 Å². The maximum absolute atomic E-state index is 13.6. The molecular formula is C28H37N7O3S. The number of rotatable bonds is 12. The number of aliphatic hydroxyl groups is 1. The van der Waals surface area contributed by atoms with Gasteiger partial charge in [0.1, 0.15) is 17.2 Å². The number of nitrogens with one attached hydrogen (secondary N) is 2. The molecule has 0 saturated carbocycles. The topological polar surface area (TPSA) is 159 Å². The number of likely N-dealkylation sites (tertiary alicyclic amines) is 1. The lowest BCUT2D eigenvalue weighted by molar-refractivity contribution is -0.140. The summed E-state index contributed by atoms with van der Waals surface area (Å²) in [4.78, 5) is 37.3. The minimum Gasteiger partial charge on any atom is -0.384 e. The lowest BCUT2D eigenvalue weighted by Gasteiger charge is -2.30. The van der Waals surface area contributed by atoms with Crippen LogP contribution in [0.4, 0.5) is 0 Å². The highest BCUT2D eigenvalue weighted by atomic mass is 32.1. The molecular weight excluding hydrogens is 514 g/mol. The number of benzene rings is 2. The van der Waals surface area contributed by atoms with E-state index in [1.165, 1.54) is 11.3 Å². The summed E-state index contributed by atoms with van der Waals surface area (Å²) in [6, 6.07) is 15.8. The average Bonchev–Trinajstić information content (AvgIpc) is 3.61. The van der Waals surface area contributed by atoms with E-state index in [4.69, 9.17) is 11.5 Å². The smallest absolute Gasteiger partial charge is 0.243 e. The van der Waals surface area contributed by atoms with E-state index in [9.17, 15) is 14.7 Å². The monoisotopic (exact) mass is 551 g/mol. The SMILES string of the molecule is CN[C@H](Cc1ccccc1)C(=O)N1CCC[C@H]1C(=O)N[C@@H](CCCN=C(N)N)[C@@H](O)c1nc2ccccc2s1. The maximum Gasteiger partial charge on any atom is 0.243 e. The van der Waals surface area contributed by atoms with Crippen LogP contribution in [0.2, 0.25) is 0 Å². The lowest BCUT2D eigenvalue weighted by atomic mass is 10.0. The number of nitrogens with zero attached hydrogens (tertiary/aromatic N) is 3. The summed E-state index contributed by atoms with van der Waals surface area (Å²) in [6.07, 6.45) is 1.81. The van der Waals surface area contributed by atoms with E-state index in [0.717, 1.165) is 22.2 Å². The predicted octanol–water partition coefficient (Wildman–Crippen LogP) is 1.69. The number of aliphatic imine (C=N–C) groups is 1. The van der Waals surface area contributed by atoms with Gasteiger partial charge in [-0.3, -0.25) is 14.6 Å². The zero-order valence-corrected chi connectivity index (χ0v) is 22.9. The van der Waals surface area contributed by atoms with Gasteiger partial charge in [-0.05, 0) is 56.8 Å². The van der Waals surface area contributed by atoms with Gasteiger partial charge in [0.2, 0.25) is 11.8 Å². The van der Waals surface area contributed by atoms with Crippen molar-refractivity contribution < 1.29 is 14.7 Å². The van der Waals surface area contributed by atoms with Gasteiger partial charge in [-0.25, -0.2) is 4.98 Å². The zero-order chi connectivity index (χ0) is 27.8. The van der Waals surface area contributed by atoms with Crippen LogP contribution in [0.3, 0.4) is 0 Å². The number of aliphatic hydroxyl groups excluding tert-OH is 1. The fraction of sp³-hybridized carbons (Fsp3) is 0.429. The molecule has 0 spiro atoms. The van der Waals surface area contributed by atoms with Crippen LogP contribution in [0, 0.1) is 0 Å². The Hall–Kier alpha value is -3.54. The molecule has 11 heteroatoms. The third-order valence-corrected chi connectivity index (χ3v) is 8.11. The van der Waals surface area contributed by atoms with Crippen LogP contribution in [-0.4, -0.2) is 71.0 Å². The van der Waals surface area contributed by atoms with Crippen LogP contribution in [0.5, 0.6) is 0 Å². The number of fused-ring (bicyclic) bond motifs is 1. The summed E-state index contributed by atoms with van der Waals surface area (Å²) in [6.45, 7) is 0.887. The fourth-order valence-corrected chi connectivity index (χ4v) is 5.98.